The van der Waals surface area contributed by atoms with Crippen molar-refractivity contribution in [1.29, 1.82) is 0 Å². The van der Waals surface area contributed by atoms with E-state index < -0.39 is 33.8 Å². The first kappa shape index (κ1) is 13.1. The maximum absolute atomic E-state index is 11.9. The molecule has 0 N–H and O–H groups in total. The maximum Gasteiger partial charge on any atom is 0.534 e. The fraction of sp³-hybridized carbons (Fsp3) is 0.714. The lowest BCUT2D eigenvalue weighted by Gasteiger charge is -2.29. The molecule has 0 aromatic carbocycles. The molecule has 0 spiro atoms. The molecule has 94 valence electrons. The normalized spacial score (nSPS) is 20.9. The van der Waals surface area contributed by atoms with Gasteiger partial charge in [0.2, 0.25) is 5.79 Å². The van der Waals surface area contributed by atoms with Crippen molar-refractivity contribution < 1.29 is 35.2 Å². The third kappa shape index (κ3) is 3.01. The van der Waals surface area contributed by atoms with Gasteiger partial charge in [0.15, 0.2) is 5.76 Å². The van der Waals surface area contributed by atoms with Crippen LogP contribution in [0.3, 0.4) is 0 Å². The number of ether oxygens (including phenoxy) is 2. The summed E-state index contributed by atoms with van der Waals surface area (Å²) in [5.74, 6) is -1.58. The van der Waals surface area contributed by atoms with Crippen molar-refractivity contribution in [2.45, 2.75) is 25.1 Å². The minimum Gasteiger partial charge on any atom is -0.467 e. The van der Waals surface area contributed by atoms with Crippen LogP contribution in [0.15, 0.2) is 12.0 Å². The highest BCUT2D eigenvalue weighted by molar-refractivity contribution is 7.87. The fourth-order valence-electron chi connectivity index (χ4n) is 0.752. The van der Waals surface area contributed by atoms with E-state index in [0.29, 0.717) is 0 Å². The average Bonchev–Trinajstić information content (AvgIpc) is 2.06. The first-order chi connectivity index (χ1) is 7.04. The van der Waals surface area contributed by atoms with Crippen LogP contribution < -0.4 is 0 Å². The molecule has 0 saturated heterocycles. The van der Waals surface area contributed by atoms with Crippen molar-refractivity contribution in [1.82, 2.24) is 0 Å². The molecule has 1 heterocycles. The molecule has 5 nitrogen and oxygen atoms in total. The van der Waals surface area contributed by atoms with Gasteiger partial charge in [-0.2, -0.15) is 21.6 Å². The predicted octanol–water partition coefficient (Wildman–Crippen LogP) is 1.48. The Morgan fingerprint density at radius 1 is 1.44 bits per heavy atom. The second-order valence-electron chi connectivity index (χ2n) is 3.37. The second-order valence-corrected chi connectivity index (χ2v) is 4.91. The van der Waals surface area contributed by atoms with Crippen LogP contribution in [0.5, 0.6) is 0 Å². The Labute approximate surface area is 89.9 Å². The molecule has 1 aliphatic rings. The van der Waals surface area contributed by atoms with Crippen LogP contribution >= 0.6 is 0 Å². The third-order valence-electron chi connectivity index (χ3n) is 1.54. The van der Waals surface area contributed by atoms with E-state index in [9.17, 15) is 21.6 Å². The van der Waals surface area contributed by atoms with Gasteiger partial charge in [-0.3, -0.25) is 0 Å². The lowest BCUT2D eigenvalue weighted by Crippen LogP contribution is -2.33. The number of halogens is 3. The molecule has 0 radical (unpaired) electrons. The molecule has 0 fully saturated rings. The van der Waals surface area contributed by atoms with Crippen LogP contribution in [0.2, 0.25) is 0 Å². The van der Waals surface area contributed by atoms with Crippen molar-refractivity contribution in [3.05, 3.63) is 12.0 Å². The zero-order chi connectivity index (χ0) is 12.6. The minimum absolute atomic E-state index is 0.414. The first-order valence-electron chi connectivity index (χ1n) is 4.05. The largest absolute Gasteiger partial charge is 0.534 e. The summed E-state index contributed by atoms with van der Waals surface area (Å²) >= 11 is 0. The zero-order valence-electron chi connectivity index (χ0n) is 8.37. The summed E-state index contributed by atoms with van der Waals surface area (Å²) in [6.45, 7) is 2.61. The van der Waals surface area contributed by atoms with Crippen molar-refractivity contribution >= 4 is 10.1 Å². The SMILES string of the molecule is CC1(C)OC=C(OS(=O)(=O)C(F)(F)F)CO1. The van der Waals surface area contributed by atoms with Gasteiger partial charge in [-0.25, -0.2) is 0 Å². The Morgan fingerprint density at radius 2 is 2.00 bits per heavy atom. The number of hydrogen-bond acceptors (Lipinski definition) is 5. The highest BCUT2D eigenvalue weighted by atomic mass is 32.2. The summed E-state index contributed by atoms with van der Waals surface area (Å²) < 4.78 is 70.4. The summed E-state index contributed by atoms with van der Waals surface area (Å²) in [7, 11) is -5.66. The van der Waals surface area contributed by atoms with Gasteiger partial charge < -0.3 is 13.7 Å². The topological polar surface area (TPSA) is 61.8 Å². The summed E-state index contributed by atoms with van der Waals surface area (Å²) in [5.41, 5.74) is -5.47. The predicted molar refractivity (Wildman–Crippen MR) is 45.3 cm³/mol. The molecule has 0 saturated carbocycles. The Hall–Kier alpha value is -0.960. The van der Waals surface area contributed by atoms with E-state index in [-0.39, 0.29) is 0 Å². The van der Waals surface area contributed by atoms with Crippen molar-refractivity contribution in [2.75, 3.05) is 6.61 Å². The summed E-state index contributed by atoms with van der Waals surface area (Å²) in [6.07, 6.45) is 0.785. The van der Waals surface area contributed by atoms with Gasteiger partial charge in [0, 0.05) is 13.8 Å². The quantitative estimate of drug-likeness (QED) is 0.557. The van der Waals surface area contributed by atoms with E-state index in [1.54, 1.807) is 0 Å². The van der Waals surface area contributed by atoms with Crippen molar-refractivity contribution in [3.63, 3.8) is 0 Å². The Kier molecular flexibility index (Phi) is 3.12. The third-order valence-corrected chi connectivity index (χ3v) is 2.54. The molecule has 1 rings (SSSR count). The molecule has 0 atom stereocenters. The molecule has 0 aromatic heterocycles. The number of hydrogen-bond donors (Lipinski definition) is 0. The summed E-state index contributed by atoms with van der Waals surface area (Å²) in [4.78, 5) is 0. The van der Waals surface area contributed by atoms with E-state index in [1.165, 1.54) is 13.8 Å². The van der Waals surface area contributed by atoms with Crippen LogP contribution in [0.25, 0.3) is 0 Å². The second kappa shape index (κ2) is 3.81. The van der Waals surface area contributed by atoms with Crippen LogP contribution in [-0.2, 0) is 23.8 Å². The van der Waals surface area contributed by atoms with Gasteiger partial charge in [0.05, 0.1) is 0 Å². The molecule has 0 aliphatic carbocycles. The minimum atomic E-state index is -5.66. The van der Waals surface area contributed by atoms with Gasteiger partial charge >= 0.3 is 15.6 Å². The van der Waals surface area contributed by atoms with E-state index >= 15 is 0 Å². The van der Waals surface area contributed by atoms with Crippen LogP contribution in [-0.4, -0.2) is 26.3 Å². The maximum atomic E-state index is 11.9. The highest BCUT2D eigenvalue weighted by Gasteiger charge is 2.49. The summed E-state index contributed by atoms with van der Waals surface area (Å²) in [6, 6.07) is 0. The molecular formula is C7H9F3O5S. The van der Waals surface area contributed by atoms with Crippen molar-refractivity contribution in [2.24, 2.45) is 0 Å². The van der Waals surface area contributed by atoms with Gasteiger partial charge in [-0.15, -0.1) is 0 Å². The molecule has 0 unspecified atom stereocenters. The van der Waals surface area contributed by atoms with E-state index in [4.69, 9.17) is 9.47 Å². The lowest BCUT2D eigenvalue weighted by molar-refractivity contribution is -0.196. The van der Waals surface area contributed by atoms with Gasteiger partial charge in [0.25, 0.3) is 0 Å². The lowest BCUT2D eigenvalue weighted by atomic mass is 10.3. The Balaban J connectivity index is 2.75. The fourth-order valence-corrected chi connectivity index (χ4v) is 1.22. The van der Waals surface area contributed by atoms with E-state index in [2.05, 4.69) is 4.18 Å². The Morgan fingerprint density at radius 3 is 2.38 bits per heavy atom. The van der Waals surface area contributed by atoms with E-state index in [0.717, 1.165) is 6.26 Å². The molecule has 0 amide bonds. The molecule has 1 aliphatic heterocycles. The standard InChI is InChI=1S/C7H9F3O5S/c1-6(2)13-3-5(4-14-6)15-16(11,12)7(8,9)10/h3H,4H2,1-2H3. The Bertz CT molecular complexity index is 395. The molecule has 0 aromatic rings. The molecule has 16 heavy (non-hydrogen) atoms. The van der Waals surface area contributed by atoms with Crippen molar-refractivity contribution in [3.8, 4) is 0 Å². The average molecular weight is 262 g/mol. The highest BCUT2D eigenvalue weighted by Crippen LogP contribution is 2.28. The van der Waals surface area contributed by atoms with Gasteiger partial charge in [-0.05, 0) is 0 Å². The van der Waals surface area contributed by atoms with Crippen LogP contribution in [0.1, 0.15) is 13.8 Å². The zero-order valence-corrected chi connectivity index (χ0v) is 9.18. The van der Waals surface area contributed by atoms with Gasteiger partial charge in [0.1, 0.15) is 12.9 Å². The molecule has 9 heteroatoms. The van der Waals surface area contributed by atoms with Crippen LogP contribution in [0.4, 0.5) is 13.2 Å². The number of alkyl halides is 3. The molecular weight excluding hydrogens is 253 g/mol. The molecule has 0 bridgehead atoms. The first-order valence-corrected chi connectivity index (χ1v) is 5.46. The van der Waals surface area contributed by atoms with E-state index in [1.807, 2.05) is 0 Å². The number of rotatable bonds is 2. The van der Waals surface area contributed by atoms with Gasteiger partial charge in [-0.1, -0.05) is 0 Å². The van der Waals surface area contributed by atoms with Crippen LogP contribution in [0, 0.1) is 0 Å². The summed E-state index contributed by atoms with van der Waals surface area (Å²) in [5, 5.41) is 0. The monoisotopic (exact) mass is 262 g/mol. The smallest absolute Gasteiger partial charge is 0.467 e.